The van der Waals surface area contributed by atoms with Crippen molar-refractivity contribution < 1.29 is 9.66 Å². The Morgan fingerprint density at radius 1 is 1.27 bits per heavy atom. The molecule has 0 bridgehead atoms. The minimum absolute atomic E-state index is 0.0237. The Bertz CT molecular complexity index is 937. The molecule has 0 aliphatic carbocycles. The van der Waals surface area contributed by atoms with Crippen LogP contribution in [0.25, 0.3) is 12.2 Å². The van der Waals surface area contributed by atoms with Gasteiger partial charge in [0.25, 0.3) is 0 Å². The van der Waals surface area contributed by atoms with E-state index < -0.39 is 21.9 Å². The molecule has 0 fully saturated rings. The molecular weight excluding hydrogens is 342 g/mol. The topological polar surface area (TPSA) is 114 Å². The fourth-order valence-corrected chi connectivity index (χ4v) is 2.56. The number of rotatable bonds is 8. The van der Waals surface area contributed by atoms with Gasteiger partial charge in [0.05, 0.1) is 24.3 Å². The summed E-state index contributed by atoms with van der Waals surface area (Å²) in [6.07, 6.45) is 6.86. The Morgan fingerprint density at radius 3 is 2.54 bits per heavy atom. The van der Waals surface area contributed by atoms with Gasteiger partial charge in [0.2, 0.25) is 0 Å². The van der Waals surface area contributed by atoms with E-state index in [1.54, 1.807) is 30.2 Å². The van der Waals surface area contributed by atoms with Crippen molar-refractivity contribution in [1.29, 1.82) is 0 Å². The summed E-state index contributed by atoms with van der Waals surface area (Å²) in [7, 11) is 3.17. The fraction of sp³-hybridized carbons (Fsp3) is 0.438. The van der Waals surface area contributed by atoms with Crippen LogP contribution in [0.5, 0.6) is 0 Å². The quantitative estimate of drug-likeness (QED) is 0.508. The second-order valence-corrected chi connectivity index (χ2v) is 5.66. The molecule has 0 unspecified atom stereocenters. The summed E-state index contributed by atoms with van der Waals surface area (Å²) in [5, 5.41) is 15.6. The van der Waals surface area contributed by atoms with Crippen molar-refractivity contribution in [3.8, 4) is 0 Å². The Labute approximate surface area is 149 Å². The minimum Gasteiger partial charge on any atom is -0.383 e. The van der Waals surface area contributed by atoms with E-state index in [1.165, 1.54) is 17.8 Å². The van der Waals surface area contributed by atoms with E-state index in [4.69, 9.17) is 4.74 Å². The molecule has 0 saturated heterocycles. The molecule has 2 aromatic rings. The number of aryl methyl sites for hydroxylation is 1. The second kappa shape index (κ2) is 8.39. The summed E-state index contributed by atoms with van der Waals surface area (Å²) in [6.45, 7) is 2.14. The standard InChI is InChI=1S/C16H21N5O5/c1-4-7-19-13(6-5-12-10-17-18(2)11-12)14(21(24)25)15(22)20(16(19)23)8-9-26-3/h5-6,10-11H,4,7-9H2,1-3H3. The highest BCUT2D eigenvalue weighted by atomic mass is 16.6. The molecule has 0 spiro atoms. The first-order chi connectivity index (χ1) is 12.4. The van der Waals surface area contributed by atoms with Gasteiger partial charge in [0, 0.05) is 32.5 Å². The van der Waals surface area contributed by atoms with Gasteiger partial charge in [-0.15, -0.1) is 0 Å². The molecule has 0 radical (unpaired) electrons. The Kier molecular flexibility index (Phi) is 6.23. The minimum atomic E-state index is -0.935. The number of ether oxygens (including phenoxy) is 1. The van der Waals surface area contributed by atoms with Crippen LogP contribution in [0.2, 0.25) is 0 Å². The number of nitro groups is 1. The van der Waals surface area contributed by atoms with Gasteiger partial charge in [-0.3, -0.25) is 28.7 Å². The van der Waals surface area contributed by atoms with E-state index in [0.29, 0.717) is 12.0 Å². The molecule has 2 rings (SSSR count). The highest BCUT2D eigenvalue weighted by Crippen LogP contribution is 2.16. The molecule has 140 valence electrons. The average molecular weight is 363 g/mol. The normalized spacial score (nSPS) is 11.3. The number of hydrogen-bond donors (Lipinski definition) is 0. The molecule has 0 amide bonds. The maximum atomic E-state index is 12.7. The van der Waals surface area contributed by atoms with Gasteiger partial charge in [0.15, 0.2) is 0 Å². The zero-order valence-corrected chi connectivity index (χ0v) is 14.9. The average Bonchev–Trinajstić information content (AvgIpc) is 3.00. The van der Waals surface area contributed by atoms with Crippen LogP contribution in [0.1, 0.15) is 24.6 Å². The molecule has 0 atom stereocenters. The van der Waals surface area contributed by atoms with Gasteiger partial charge in [-0.1, -0.05) is 6.92 Å². The first-order valence-electron chi connectivity index (χ1n) is 8.08. The molecule has 2 heterocycles. The summed E-state index contributed by atoms with van der Waals surface area (Å²) in [5.74, 6) is 0. The summed E-state index contributed by atoms with van der Waals surface area (Å²) in [6, 6.07) is 0. The zero-order valence-electron chi connectivity index (χ0n) is 14.9. The largest absolute Gasteiger partial charge is 0.383 e. The van der Waals surface area contributed by atoms with E-state index in [1.807, 2.05) is 6.92 Å². The van der Waals surface area contributed by atoms with Crippen LogP contribution in [0.3, 0.4) is 0 Å². The molecule has 2 aromatic heterocycles. The van der Waals surface area contributed by atoms with Gasteiger partial charge >= 0.3 is 16.9 Å². The Balaban J connectivity index is 2.71. The lowest BCUT2D eigenvalue weighted by atomic mass is 10.2. The van der Waals surface area contributed by atoms with E-state index in [-0.39, 0.29) is 25.4 Å². The fourth-order valence-electron chi connectivity index (χ4n) is 2.56. The highest BCUT2D eigenvalue weighted by Gasteiger charge is 2.26. The van der Waals surface area contributed by atoms with Crippen LogP contribution in [0.15, 0.2) is 22.0 Å². The Hall–Kier alpha value is -3.01. The van der Waals surface area contributed by atoms with E-state index in [2.05, 4.69) is 5.10 Å². The third-order valence-corrected chi connectivity index (χ3v) is 3.75. The van der Waals surface area contributed by atoms with Crippen molar-refractivity contribution in [1.82, 2.24) is 18.9 Å². The van der Waals surface area contributed by atoms with Crippen LogP contribution < -0.4 is 11.2 Å². The van der Waals surface area contributed by atoms with Crippen molar-refractivity contribution in [3.63, 3.8) is 0 Å². The zero-order chi connectivity index (χ0) is 19.3. The first-order valence-corrected chi connectivity index (χ1v) is 8.08. The summed E-state index contributed by atoms with van der Waals surface area (Å²) >= 11 is 0. The van der Waals surface area contributed by atoms with Crippen molar-refractivity contribution in [2.75, 3.05) is 13.7 Å². The number of nitrogens with zero attached hydrogens (tertiary/aromatic N) is 5. The van der Waals surface area contributed by atoms with Crippen LogP contribution in [0.4, 0.5) is 5.69 Å². The Morgan fingerprint density at radius 2 is 2.00 bits per heavy atom. The van der Waals surface area contributed by atoms with Gasteiger partial charge in [-0.25, -0.2) is 4.79 Å². The monoisotopic (exact) mass is 363 g/mol. The lowest BCUT2D eigenvalue weighted by molar-refractivity contribution is -0.387. The number of methoxy groups -OCH3 is 1. The van der Waals surface area contributed by atoms with Gasteiger partial charge in [0.1, 0.15) is 5.69 Å². The van der Waals surface area contributed by atoms with Crippen LogP contribution >= 0.6 is 0 Å². The molecule has 0 aliphatic heterocycles. The van der Waals surface area contributed by atoms with E-state index >= 15 is 0 Å². The third-order valence-electron chi connectivity index (χ3n) is 3.75. The van der Waals surface area contributed by atoms with E-state index in [0.717, 1.165) is 4.57 Å². The molecular formula is C16H21N5O5. The maximum Gasteiger partial charge on any atom is 0.357 e. The molecule has 0 saturated carbocycles. The number of hydrogen-bond acceptors (Lipinski definition) is 6. The smallest absolute Gasteiger partial charge is 0.357 e. The van der Waals surface area contributed by atoms with Crippen molar-refractivity contribution in [2.24, 2.45) is 7.05 Å². The third kappa shape index (κ3) is 3.97. The van der Waals surface area contributed by atoms with Crippen LogP contribution in [0, 0.1) is 10.1 Å². The first kappa shape index (κ1) is 19.3. The van der Waals surface area contributed by atoms with Gasteiger partial charge in [-0.2, -0.15) is 5.10 Å². The summed E-state index contributed by atoms with van der Waals surface area (Å²) < 4.78 is 8.57. The van der Waals surface area contributed by atoms with Crippen molar-refractivity contribution in [2.45, 2.75) is 26.4 Å². The lowest BCUT2D eigenvalue weighted by Crippen LogP contribution is -2.43. The summed E-state index contributed by atoms with van der Waals surface area (Å²) in [5.41, 5.74) is -1.49. The molecule has 0 N–H and O–H groups in total. The number of aromatic nitrogens is 4. The molecule has 0 aromatic carbocycles. The molecule has 0 aliphatic rings. The molecule has 10 heteroatoms. The van der Waals surface area contributed by atoms with Crippen molar-refractivity contribution in [3.05, 3.63) is 54.6 Å². The SMILES string of the molecule is CCCn1c(C=Cc2cnn(C)c2)c([N+](=O)[O-])c(=O)n(CCOC)c1=O. The van der Waals surface area contributed by atoms with Crippen LogP contribution in [-0.2, 0) is 24.9 Å². The van der Waals surface area contributed by atoms with Crippen LogP contribution in [-0.4, -0.2) is 37.6 Å². The highest BCUT2D eigenvalue weighted by molar-refractivity contribution is 5.71. The summed E-state index contributed by atoms with van der Waals surface area (Å²) in [4.78, 5) is 36.0. The second-order valence-electron chi connectivity index (χ2n) is 5.66. The lowest BCUT2D eigenvalue weighted by Gasteiger charge is -2.13. The predicted molar refractivity (Wildman–Crippen MR) is 95.9 cm³/mol. The molecule has 10 nitrogen and oxygen atoms in total. The van der Waals surface area contributed by atoms with Crippen molar-refractivity contribution >= 4 is 17.8 Å². The molecule has 26 heavy (non-hydrogen) atoms. The maximum absolute atomic E-state index is 12.7. The van der Waals surface area contributed by atoms with Gasteiger partial charge < -0.3 is 4.74 Å². The predicted octanol–water partition coefficient (Wildman–Crippen LogP) is 0.878. The van der Waals surface area contributed by atoms with E-state index in [9.17, 15) is 19.7 Å². The van der Waals surface area contributed by atoms with Gasteiger partial charge in [-0.05, 0) is 18.6 Å².